The molecule has 1 heterocycles. The summed E-state index contributed by atoms with van der Waals surface area (Å²) in [6, 6.07) is 0. The van der Waals surface area contributed by atoms with E-state index in [0.717, 1.165) is 0 Å². The molecule has 0 amide bonds. The summed E-state index contributed by atoms with van der Waals surface area (Å²) in [4.78, 5) is 0. The van der Waals surface area contributed by atoms with Crippen LogP contribution < -0.4 is 0 Å². The highest BCUT2D eigenvalue weighted by molar-refractivity contribution is 4.92. The van der Waals surface area contributed by atoms with Crippen LogP contribution in [0.4, 0.5) is 0 Å². The largest absolute Gasteiger partial charge is 0.388 e. The number of rotatable bonds is 2. The van der Waals surface area contributed by atoms with Crippen molar-refractivity contribution in [3.05, 3.63) is 0 Å². The van der Waals surface area contributed by atoms with E-state index in [0.29, 0.717) is 0 Å². The van der Waals surface area contributed by atoms with Gasteiger partial charge in [-0.05, 0) is 11.8 Å². The van der Waals surface area contributed by atoms with Crippen LogP contribution in [0.1, 0.15) is 27.7 Å². The second-order valence-corrected chi connectivity index (χ2v) is 4.53. The van der Waals surface area contributed by atoms with Gasteiger partial charge in [-0.15, -0.1) is 0 Å². The summed E-state index contributed by atoms with van der Waals surface area (Å²) >= 11 is 0. The van der Waals surface area contributed by atoms with E-state index in [4.69, 9.17) is 4.74 Å². The van der Waals surface area contributed by atoms with Crippen molar-refractivity contribution in [2.75, 3.05) is 0 Å². The van der Waals surface area contributed by atoms with Gasteiger partial charge in [-0.2, -0.15) is 0 Å². The van der Waals surface area contributed by atoms with Gasteiger partial charge in [-0.1, -0.05) is 27.7 Å². The molecule has 0 radical (unpaired) electrons. The quantitative estimate of drug-likeness (QED) is 0.673. The molecule has 4 atom stereocenters. The van der Waals surface area contributed by atoms with E-state index >= 15 is 0 Å². The van der Waals surface area contributed by atoms with E-state index in [1.54, 1.807) is 0 Å². The monoisotopic (exact) mass is 188 g/mol. The maximum Gasteiger partial charge on any atom is 0.109 e. The first kappa shape index (κ1) is 11.0. The Kier molecular flexibility index (Phi) is 3.33. The molecular weight excluding hydrogens is 168 g/mol. The van der Waals surface area contributed by atoms with Crippen molar-refractivity contribution in [2.45, 2.75) is 52.1 Å². The lowest BCUT2D eigenvalue weighted by molar-refractivity contribution is -0.0340. The molecule has 0 aliphatic carbocycles. The van der Waals surface area contributed by atoms with Gasteiger partial charge in [0.05, 0.1) is 12.2 Å². The van der Waals surface area contributed by atoms with Crippen molar-refractivity contribution >= 4 is 0 Å². The fourth-order valence-electron chi connectivity index (χ4n) is 1.83. The van der Waals surface area contributed by atoms with Crippen LogP contribution in [-0.2, 0) is 4.74 Å². The molecule has 4 unspecified atom stereocenters. The first-order valence-electron chi connectivity index (χ1n) is 4.96. The minimum absolute atomic E-state index is 0.220. The van der Waals surface area contributed by atoms with Crippen molar-refractivity contribution in [2.24, 2.45) is 11.8 Å². The summed E-state index contributed by atoms with van der Waals surface area (Å²) in [5.74, 6) is 0.488. The van der Waals surface area contributed by atoms with E-state index < -0.39 is 12.2 Å². The molecule has 13 heavy (non-hydrogen) atoms. The standard InChI is InChI=1S/C10H20O3/c1-5(2)9-7(11)8(12)10(13-9)6(3)4/h5-12H,1-4H3. The molecule has 1 aliphatic rings. The minimum atomic E-state index is -0.729. The van der Waals surface area contributed by atoms with E-state index in [2.05, 4.69) is 0 Å². The molecule has 78 valence electrons. The van der Waals surface area contributed by atoms with Crippen LogP contribution in [0.2, 0.25) is 0 Å². The zero-order chi connectivity index (χ0) is 10.2. The predicted molar refractivity (Wildman–Crippen MR) is 50.4 cm³/mol. The van der Waals surface area contributed by atoms with Gasteiger partial charge in [0.2, 0.25) is 0 Å². The highest BCUT2D eigenvalue weighted by Crippen LogP contribution is 2.30. The summed E-state index contributed by atoms with van der Waals surface area (Å²) < 4.78 is 5.61. The highest BCUT2D eigenvalue weighted by atomic mass is 16.5. The smallest absolute Gasteiger partial charge is 0.109 e. The van der Waals surface area contributed by atoms with Crippen LogP contribution in [-0.4, -0.2) is 34.6 Å². The molecular formula is C10H20O3. The maximum absolute atomic E-state index is 9.67. The van der Waals surface area contributed by atoms with Crippen LogP contribution in [0.25, 0.3) is 0 Å². The Labute approximate surface area is 79.7 Å². The van der Waals surface area contributed by atoms with E-state index in [1.807, 2.05) is 27.7 Å². The molecule has 3 nitrogen and oxygen atoms in total. The summed E-state index contributed by atoms with van der Waals surface area (Å²) in [7, 11) is 0. The van der Waals surface area contributed by atoms with Gasteiger partial charge in [0.1, 0.15) is 12.2 Å². The third-order valence-electron chi connectivity index (χ3n) is 2.65. The van der Waals surface area contributed by atoms with Crippen LogP contribution >= 0.6 is 0 Å². The summed E-state index contributed by atoms with van der Waals surface area (Å²) in [5, 5.41) is 19.3. The Morgan fingerprint density at radius 1 is 0.846 bits per heavy atom. The number of hydrogen-bond acceptors (Lipinski definition) is 3. The fourth-order valence-corrected chi connectivity index (χ4v) is 1.83. The maximum atomic E-state index is 9.67. The van der Waals surface area contributed by atoms with Crippen molar-refractivity contribution in [3.8, 4) is 0 Å². The highest BCUT2D eigenvalue weighted by Gasteiger charge is 2.44. The van der Waals surface area contributed by atoms with Gasteiger partial charge in [-0.3, -0.25) is 0 Å². The molecule has 1 rings (SSSR count). The molecule has 0 aromatic heterocycles. The molecule has 0 aromatic carbocycles. The van der Waals surface area contributed by atoms with E-state index in [-0.39, 0.29) is 24.0 Å². The van der Waals surface area contributed by atoms with Crippen molar-refractivity contribution in [3.63, 3.8) is 0 Å². The number of aliphatic hydroxyl groups excluding tert-OH is 2. The van der Waals surface area contributed by atoms with Crippen molar-refractivity contribution in [1.82, 2.24) is 0 Å². The van der Waals surface area contributed by atoms with Crippen LogP contribution in [0, 0.1) is 11.8 Å². The van der Waals surface area contributed by atoms with E-state index in [9.17, 15) is 10.2 Å². The number of aliphatic hydroxyl groups is 2. The third-order valence-corrected chi connectivity index (χ3v) is 2.65. The molecule has 1 aliphatic heterocycles. The summed E-state index contributed by atoms with van der Waals surface area (Å²) in [6.45, 7) is 7.96. The minimum Gasteiger partial charge on any atom is -0.388 e. The van der Waals surface area contributed by atoms with Crippen LogP contribution in [0.5, 0.6) is 0 Å². The molecule has 2 N–H and O–H groups in total. The Morgan fingerprint density at radius 3 is 1.31 bits per heavy atom. The van der Waals surface area contributed by atoms with Crippen molar-refractivity contribution < 1.29 is 14.9 Å². The fraction of sp³-hybridized carbons (Fsp3) is 1.00. The predicted octanol–water partition coefficient (Wildman–Crippen LogP) is 0.788. The zero-order valence-corrected chi connectivity index (χ0v) is 8.77. The molecule has 1 saturated heterocycles. The van der Waals surface area contributed by atoms with Crippen molar-refractivity contribution in [1.29, 1.82) is 0 Å². The molecule has 0 saturated carbocycles. The van der Waals surface area contributed by atoms with Gasteiger partial charge >= 0.3 is 0 Å². The number of ether oxygens (including phenoxy) is 1. The SMILES string of the molecule is CC(C)C1OC(C(C)C)C(O)C1O. The van der Waals surface area contributed by atoms with Gasteiger partial charge in [-0.25, -0.2) is 0 Å². The zero-order valence-electron chi connectivity index (χ0n) is 8.77. The Balaban J connectivity index is 2.66. The lowest BCUT2D eigenvalue weighted by Gasteiger charge is -2.19. The first-order chi connectivity index (χ1) is 5.95. The normalized spacial score (nSPS) is 40.6. The molecule has 0 spiro atoms. The molecule has 0 aromatic rings. The first-order valence-corrected chi connectivity index (χ1v) is 4.96. The van der Waals surface area contributed by atoms with Crippen LogP contribution in [0.15, 0.2) is 0 Å². The average Bonchev–Trinajstić information content (AvgIpc) is 2.29. The third kappa shape index (κ3) is 2.03. The average molecular weight is 188 g/mol. The second kappa shape index (κ2) is 3.95. The van der Waals surface area contributed by atoms with Gasteiger partial charge in [0.25, 0.3) is 0 Å². The second-order valence-electron chi connectivity index (χ2n) is 4.53. The molecule has 0 bridgehead atoms. The van der Waals surface area contributed by atoms with Gasteiger partial charge in [0, 0.05) is 0 Å². The summed E-state index contributed by atoms with van der Waals surface area (Å²) in [5.41, 5.74) is 0. The summed E-state index contributed by atoms with van der Waals surface area (Å²) in [6.07, 6.45) is -1.90. The lowest BCUT2D eigenvalue weighted by Crippen LogP contribution is -2.35. The number of hydrogen-bond donors (Lipinski definition) is 2. The van der Waals surface area contributed by atoms with Gasteiger partial charge in [0.15, 0.2) is 0 Å². The topological polar surface area (TPSA) is 49.7 Å². The Hall–Kier alpha value is -0.120. The van der Waals surface area contributed by atoms with E-state index in [1.165, 1.54) is 0 Å². The molecule has 1 fully saturated rings. The lowest BCUT2D eigenvalue weighted by atomic mass is 9.96. The Morgan fingerprint density at radius 2 is 1.15 bits per heavy atom. The van der Waals surface area contributed by atoms with Crippen LogP contribution in [0.3, 0.4) is 0 Å². The molecule has 3 heteroatoms. The Bertz CT molecular complexity index is 150. The van der Waals surface area contributed by atoms with Gasteiger partial charge < -0.3 is 14.9 Å².